The van der Waals surface area contributed by atoms with Crippen molar-refractivity contribution >= 4 is 6.03 Å². The highest BCUT2D eigenvalue weighted by Gasteiger charge is 2.51. The van der Waals surface area contributed by atoms with Crippen LogP contribution in [0.2, 0.25) is 0 Å². The number of hydrogen-bond donors (Lipinski definition) is 3. The van der Waals surface area contributed by atoms with E-state index < -0.39 is 0 Å². The van der Waals surface area contributed by atoms with Crippen LogP contribution in [0.1, 0.15) is 25.7 Å². The van der Waals surface area contributed by atoms with Crippen molar-refractivity contribution in [2.45, 2.75) is 31.7 Å². The van der Waals surface area contributed by atoms with Gasteiger partial charge in [-0.1, -0.05) is 12.8 Å². The summed E-state index contributed by atoms with van der Waals surface area (Å²) in [4.78, 5) is 10.9. The molecule has 4 heteroatoms. The number of rotatable bonds is 1. The Morgan fingerprint density at radius 3 is 2.33 bits per heavy atom. The molecule has 2 rings (SSSR count). The number of nitrogens with two attached hydrogens (primary N) is 1. The number of urea groups is 1. The smallest absolute Gasteiger partial charge is 0.329 e. The van der Waals surface area contributed by atoms with Gasteiger partial charge in [0.2, 0.25) is 0 Å². The molecule has 0 bridgehead atoms. The molecule has 0 spiro atoms. The van der Waals surface area contributed by atoms with Gasteiger partial charge in [-0.2, -0.15) is 0 Å². The lowest BCUT2D eigenvalue weighted by Crippen LogP contribution is -2.41. The summed E-state index contributed by atoms with van der Waals surface area (Å²) >= 11 is 0. The Labute approximate surface area is 71.9 Å². The molecule has 2 atom stereocenters. The van der Waals surface area contributed by atoms with E-state index in [0.717, 1.165) is 11.8 Å². The predicted octanol–water partition coefficient (Wildman–Crippen LogP) is 0.348. The standard InChI is InChI=1S/C8H15N3O/c9-11-8(12)10-7-5-3-1-2-4-6(5)7/h5-7H,1-4,9H2,(H2,10,11,12). The molecule has 68 valence electrons. The lowest BCUT2D eigenvalue weighted by atomic mass is 10.0. The van der Waals surface area contributed by atoms with E-state index >= 15 is 0 Å². The molecule has 2 unspecified atom stereocenters. The average molecular weight is 169 g/mol. The fourth-order valence-electron chi connectivity index (χ4n) is 2.40. The van der Waals surface area contributed by atoms with Crippen molar-refractivity contribution in [3.05, 3.63) is 0 Å². The molecule has 0 aromatic rings. The van der Waals surface area contributed by atoms with E-state index in [-0.39, 0.29) is 6.03 Å². The molecule has 0 aromatic carbocycles. The maximum atomic E-state index is 10.9. The Morgan fingerprint density at radius 1 is 1.25 bits per heavy atom. The van der Waals surface area contributed by atoms with Gasteiger partial charge in [-0.25, -0.2) is 10.6 Å². The maximum Gasteiger partial charge on any atom is 0.329 e. The van der Waals surface area contributed by atoms with Crippen LogP contribution < -0.4 is 16.6 Å². The third-order valence-electron chi connectivity index (χ3n) is 3.09. The van der Waals surface area contributed by atoms with Crippen LogP contribution >= 0.6 is 0 Å². The summed E-state index contributed by atoms with van der Waals surface area (Å²) in [5.41, 5.74) is 2.10. The summed E-state index contributed by atoms with van der Waals surface area (Å²) in [6, 6.07) is 0.172. The normalized spacial score (nSPS) is 38.2. The summed E-state index contributed by atoms with van der Waals surface area (Å²) in [6.07, 6.45) is 5.20. The lowest BCUT2D eigenvalue weighted by Gasteiger charge is -2.04. The van der Waals surface area contributed by atoms with Crippen molar-refractivity contribution in [3.63, 3.8) is 0 Å². The van der Waals surface area contributed by atoms with E-state index in [4.69, 9.17) is 5.84 Å². The van der Waals surface area contributed by atoms with Crippen molar-refractivity contribution in [2.75, 3.05) is 0 Å². The van der Waals surface area contributed by atoms with Gasteiger partial charge < -0.3 is 5.32 Å². The van der Waals surface area contributed by atoms with Crippen LogP contribution in [0.5, 0.6) is 0 Å². The van der Waals surface area contributed by atoms with Gasteiger partial charge in [0.1, 0.15) is 0 Å². The number of hydrazine groups is 1. The highest BCUT2D eigenvalue weighted by Crippen LogP contribution is 2.49. The van der Waals surface area contributed by atoms with E-state index in [0.29, 0.717) is 6.04 Å². The first-order valence-corrected chi connectivity index (χ1v) is 4.60. The Kier molecular flexibility index (Phi) is 1.92. The number of carbonyl (C=O) groups is 1. The van der Waals surface area contributed by atoms with Crippen LogP contribution in [0.3, 0.4) is 0 Å². The molecular weight excluding hydrogens is 154 g/mol. The Morgan fingerprint density at radius 2 is 1.83 bits per heavy atom. The van der Waals surface area contributed by atoms with Gasteiger partial charge in [0.05, 0.1) is 0 Å². The highest BCUT2D eigenvalue weighted by molar-refractivity contribution is 5.74. The van der Waals surface area contributed by atoms with Crippen LogP contribution in [0.25, 0.3) is 0 Å². The number of amides is 2. The third kappa shape index (κ3) is 1.27. The first kappa shape index (κ1) is 7.86. The van der Waals surface area contributed by atoms with E-state index in [2.05, 4.69) is 10.7 Å². The van der Waals surface area contributed by atoms with Crippen LogP contribution in [-0.2, 0) is 0 Å². The van der Waals surface area contributed by atoms with Crippen molar-refractivity contribution in [1.29, 1.82) is 0 Å². The molecule has 2 fully saturated rings. The summed E-state index contributed by atoms with van der Waals surface area (Å²) in [6.45, 7) is 0. The molecule has 0 heterocycles. The predicted molar refractivity (Wildman–Crippen MR) is 45.1 cm³/mol. The Balaban J connectivity index is 1.81. The monoisotopic (exact) mass is 169 g/mol. The fourth-order valence-corrected chi connectivity index (χ4v) is 2.40. The first-order chi connectivity index (χ1) is 5.83. The lowest BCUT2D eigenvalue weighted by molar-refractivity contribution is 0.240. The Bertz CT molecular complexity index is 183. The van der Waals surface area contributed by atoms with Gasteiger partial charge in [0, 0.05) is 6.04 Å². The average Bonchev–Trinajstić information content (AvgIpc) is 2.80. The molecule has 2 amide bonds. The molecule has 4 nitrogen and oxygen atoms in total. The van der Waals surface area contributed by atoms with Crippen molar-refractivity contribution in [1.82, 2.24) is 10.7 Å². The minimum atomic E-state index is -0.241. The quantitative estimate of drug-likeness (QED) is 0.301. The van der Waals surface area contributed by atoms with Gasteiger partial charge in [0.15, 0.2) is 0 Å². The second kappa shape index (κ2) is 2.94. The van der Waals surface area contributed by atoms with Gasteiger partial charge in [0.25, 0.3) is 0 Å². The summed E-state index contributed by atoms with van der Waals surface area (Å²) in [5, 5.41) is 2.87. The minimum absolute atomic E-state index is 0.241. The van der Waals surface area contributed by atoms with Crippen molar-refractivity contribution in [2.24, 2.45) is 17.7 Å². The summed E-state index contributed by atoms with van der Waals surface area (Å²) in [7, 11) is 0. The zero-order chi connectivity index (χ0) is 8.55. The largest absolute Gasteiger partial charge is 0.334 e. The SMILES string of the molecule is NNC(=O)NC1C2CCCCC21. The van der Waals surface area contributed by atoms with E-state index in [1.54, 1.807) is 0 Å². The second-order valence-corrected chi connectivity index (χ2v) is 3.76. The number of carbonyl (C=O) groups excluding carboxylic acids is 1. The van der Waals surface area contributed by atoms with Gasteiger partial charge in [-0.3, -0.25) is 5.43 Å². The van der Waals surface area contributed by atoms with Crippen LogP contribution in [0.15, 0.2) is 0 Å². The topological polar surface area (TPSA) is 67.1 Å². The number of nitrogens with one attached hydrogen (secondary N) is 2. The molecule has 0 aromatic heterocycles. The zero-order valence-electron chi connectivity index (χ0n) is 7.05. The molecule has 0 saturated heterocycles. The molecule has 4 N–H and O–H groups in total. The zero-order valence-corrected chi connectivity index (χ0v) is 7.05. The molecule has 2 saturated carbocycles. The summed E-state index contributed by atoms with van der Waals surface area (Å²) in [5.74, 6) is 6.47. The van der Waals surface area contributed by atoms with Crippen LogP contribution in [0.4, 0.5) is 4.79 Å². The number of hydrogen-bond acceptors (Lipinski definition) is 2. The minimum Gasteiger partial charge on any atom is -0.334 e. The van der Waals surface area contributed by atoms with Gasteiger partial charge >= 0.3 is 6.03 Å². The molecule has 2 aliphatic carbocycles. The second-order valence-electron chi connectivity index (χ2n) is 3.76. The Hall–Kier alpha value is -0.770. The molecule has 0 radical (unpaired) electrons. The molecule has 2 aliphatic rings. The maximum absolute atomic E-state index is 10.9. The van der Waals surface area contributed by atoms with E-state index in [1.165, 1.54) is 25.7 Å². The van der Waals surface area contributed by atoms with Crippen molar-refractivity contribution in [3.8, 4) is 0 Å². The van der Waals surface area contributed by atoms with E-state index in [9.17, 15) is 4.79 Å². The van der Waals surface area contributed by atoms with Crippen molar-refractivity contribution < 1.29 is 4.79 Å². The fraction of sp³-hybridized carbons (Fsp3) is 0.875. The third-order valence-corrected chi connectivity index (χ3v) is 3.09. The van der Waals surface area contributed by atoms with Crippen LogP contribution in [-0.4, -0.2) is 12.1 Å². The summed E-state index contributed by atoms with van der Waals surface area (Å²) < 4.78 is 0. The van der Waals surface area contributed by atoms with E-state index in [1.807, 2.05) is 0 Å². The number of fused-ring (bicyclic) bond motifs is 1. The van der Waals surface area contributed by atoms with Crippen LogP contribution in [0, 0.1) is 11.8 Å². The van der Waals surface area contributed by atoms with Gasteiger partial charge in [-0.15, -0.1) is 0 Å². The molecular formula is C8H15N3O. The molecule has 12 heavy (non-hydrogen) atoms. The molecule has 0 aliphatic heterocycles. The van der Waals surface area contributed by atoms with Gasteiger partial charge in [-0.05, 0) is 24.7 Å². The first-order valence-electron chi connectivity index (χ1n) is 4.60. The highest BCUT2D eigenvalue weighted by atomic mass is 16.2.